The lowest BCUT2D eigenvalue weighted by molar-refractivity contribution is 0.204. The quantitative estimate of drug-likeness (QED) is 0.628. The number of hydrogen-bond donors (Lipinski definition) is 1. The van der Waals surface area contributed by atoms with Crippen LogP contribution in [0.1, 0.15) is 6.92 Å². The number of nitrogens with two attached hydrogens (primary N) is 1. The molecular weight excluding hydrogens is 273 g/mol. The number of anilines is 1. The summed E-state index contributed by atoms with van der Waals surface area (Å²) in [4.78, 5) is 0. The predicted octanol–water partition coefficient (Wildman–Crippen LogP) is 3.26. The molecule has 0 fully saturated rings. The van der Waals surface area contributed by atoms with Crippen LogP contribution in [0.15, 0.2) is 42.5 Å². The number of para-hydroxylation sites is 3. The van der Waals surface area contributed by atoms with Crippen LogP contribution < -0.4 is 19.9 Å². The maximum atomic E-state index is 13.5. The van der Waals surface area contributed by atoms with Crippen LogP contribution in [0.4, 0.5) is 10.1 Å². The highest BCUT2D eigenvalue weighted by Gasteiger charge is 2.08. The molecule has 2 rings (SSSR count). The van der Waals surface area contributed by atoms with Gasteiger partial charge in [-0.05, 0) is 31.2 Å². The molecule has 2 N–H and O–H groups in total. The van der Waals surface area contributed by atoms with Crippen molar-refractivity contribution in [3.63, 3.8) is 0 Å². The minimum Gasteiger partial charge on any atom is -0.490 e. The van der Waals surface area contributed by atoms with Gasteiger partial charge in [0.2, 0.25) is 0 Å². The Hall–Kier alpha value is -2.43. The van der Waals surface area contributed by atoms with Gasteiger partial charge in [0.05, 0.1) is 12.3 Å². The molecule has 0 heterocycles. The zero-order valence-electron chi connectivity index (χ0n) is 11.8. The Morgan fingerprint density at radius 1 is 0.905 bits per heavy atom. The van der Waals surface area contributed by atoms with Gasteiger partial charge in [-0.1, -0.05) is 18.2 Å². The molecule has 0 aliphatic heterocycles. The largest absolute Gasteiger partial charge is 0.490 e. The predicted molar refractivity (Wildman–Crippen MR) is 79.4 cm³/mol. The first-order chi connectivity index (χ1) is 10.2. The fraction of sp³-hybridized carbons (Fsp3) is 0.250. The van der Waals surface area contributed by atoms with Crippen LogP contribution in [0.25, 0.3) is 0 Å². The number of nitrogen functional groups attached to an aromatic ring is 1. The average Bonchev–Trinajstić information content (AvgIpc) is 2.48. The fourth-order valence-corrected chi connectivity index (χ4v) is 1.82. The van der Waals surface area contributed by atoms with Crippen molar-refractivity contribution < 1.29 is 18.6 Å². The van der Waals surface area contributed by atoms with Gasteiger partial charge in [-0.15, -0.1) is 0 Å². The van der Waals surface area contributed by atoms with Crippen LogP contribution in [-0.4, -0.2) is 19.8 Å². The molecule has 0 spiro atoms. The monoisotopic (exact) mass is 291 g/mol. The van der Waals surface area contributed by atoms with Gasteiger partial charge in [-0.2, -0.15) is 0 Å². The highest BCUT2D eigenvalue weighted by atomic mass is 19.1. The number of rotatable bonds is 7. The van der Waals surface area contributed by atoms with Crippen molar-refractivity contribution in [1.82, 2.24) is 0 Å². The van der Waals surface area contributed by atoms with E-state index >= 15 is 0 Å². The van der Waals surface area contributed by atoms with Crippen molar-refractivity contribution in [2.75, 3.05) is 25.6 Å². The molecule has 5 heteroatoms. The molecule has 4 nitrogen and oxygen atoms in total. The Labute approximate surface area is 123 Å². The SMILES string of the molecule is CCOc1ccccc1OCCOc1c(N)cccc1F. The summed E-state index contributed by atoms with van der Waals surface area (Å²) in [6.45, 7) is 2.91. The summed E-state index contributed by atoms with van der Waals surface area (Å²) in [6, 6.07) is 11.8. The molecule has 0 radical (unpaired) electrons. The van der Waals surface area contributed by atoms with Crippen molar-refractivity contribution in [1.29, 1.82) is 0 Å². The molecule has 0 aromatic heterocycles. The van der Waals surface area contributed by atoms with Gasteiger partial charge in [0.25, 0.3) is 0 Å². The minimum atomic E-state index is -0.482. The van der Waals surface area contributed by atoms with Crippen molar-refractivity contribution in [3.8, 4) is 17.2 Å². The normalized spacial score (nSPS) is 10.2. The van der Waals surface area contributed by atoms with E-state index in [-0.39, 0.29) is 24.7 Å². The summed E-state index contributed by atoms with van der Waals surface area (Å²) in [5.74, 6) is 0.874. The van der Waals surface area contributed by atoms with E-state index < -0.39 is 5.82 Å². The molecule has 0 saturated heterocycles. The van der Waals surface area contributed by atoms with Crippen LogP contribution in [0.2, 0.25) is 0 Å². The van der Waals surface area contributed by atoms with Gasteiger partial charge < -0.3 is 19.9 Å². The third kappa shape index (κ3) is 4.02. The second-order valence-electron chi connectivity index (χ2n) is 4.23. The molecule has 0 amide bonds. The molecule has 2 aromatic rings. The van der Waals surface area contributed by atoms with Crippen LogP contribution >= 0.6 is 0 Å². The number of hydrogen-bond acceptors (Lipinski definition) is 4. The van der Waals surface area contributed by atoms with Crippen molar-refractivity contribution >= 4 is 5.69 Å². The molecule has 0 unspecified atom stereocenters. The minimum absolute atomic E-state index is 0.0548. The summed E-state index contributed by atoms with van der Waals surface area (Å²) in [6.07, 6.45) is 0. The van der Waals surface area contributed by atoms with Crippen molar-refractivity contribution in [2.45, 2.75) is 6.92 Å². The Morgan fingerprint density at radius 3 is 2.24 bits per heavy atom. The van der Waals surface area contributed by atoms with Crippen LogP contribution in [0.3, 0.4) is 0 Å². The Morgan fingerprint density at radius 2 is 1.57 bits per heavy atom. The highest BCUT2D eigenvalue weighted by molar-refractivity contribution is 5.52. The van der Waals surface area contributed by atoms with Gasteiger partial charge in [0.15, 0.2) is 23.1 Å². The topological polar surface area (TPSA) is 53.7 Å². The van der Waals surface area contributed by atoms with Gasteiger partial charge in [0.1, 0.15) is 13.2 Å². The maximum absolute atomic E-state index is 13.5. The van der Waals surface area contributed by atoms with E-state index in [1.807, 2.05) is 31.2 Å². The third-order valence-electron chi connectivity index (χ3n) is 2.73. The van der Waals surface area contributed by atoms with E-state index in [1.54, 1.807) is 6.07 Å². The van der Waals surface area contributed by atoms with Crippen LogP contribution in [0, 0.1) is 5.82 Å². The average molecular weight is 291 g/mol. The first kappa shape index (κ1) is 15.0. The van der Waals surface area contributed by atoms with Gasteiger partial charge in [-0.3, -0.25) is 0 Å². The summed E-state index contributed by atoms with van der Waals surface area (Å²) >= 11 is 0. The Balaban J connectivity index is 1.88. The van der Waals surface area contributed by atoms with Crippen molar-refractivity contribution in [2.24, 2.45) is 0 Å². The van der Waals surface area contributed by atoms with Crippen LogP contribution in [-0.2, 0) is 0 Å². The van der Waals surface area contributed by atoms with Gasteiger partial charge in [-0.25, -0.2) is 4.39 Å². The Kier molecular flexibility index (Phi) is 5.26. The van der Waals surface area contributed by atoms with Gasteiger partial charge >= 0.3 is 0 Å². The van der Waals surface area contributed by atoms with E-state index in [0.717, 1.165) is 0 Å². The zero-order valence-corrected chi connectivity index (χ0v) is 11.8. The lowest BCUT2D eigenvalue weighted by Crippen LogP contribution is -2.11. The van der Waals surface area contributed by atoms with E-state index in [0.29, 0.717) is 18.1 Å². The second-order valence-corrected chi connectivity index (χ2v) is 4.23. The number of benzene rings is 2. The molecular formula is C16H18FNO3. The smallest absolute Gasteiger partial charge is 0.177 e. The van der Waals surface area contributed by atoms with E-state index in [9.17, 15) is 4.39 Å². The molecule has 0 aliphatic rings. The summed E-state index contributed by atoms with van der Waals surface area (Å²) in [5, 5.41) is 0. The summed E-state index contributed by atoms with van der Waals surface area (Å²) in [5.41, 5.74) is 5.92. The fourth-order valence-electron chi connectivity index (χ4n) is 1.82. The highest BCUT2D eigenvalue weighted by Crippen LogP contribution is 2.27. The first-order valence-corrected chi connectivity index (χ1v) is 6.73. The summed E-state index contributed by atoms with van der Waals surface area (Å²) in [7, 11) is 0. The van der Waals surface area contributed by atoms with Gasteiger partial charge in [0, 0.05) is 0 Å². The lowest BCUT2D eigenvalue weighted by atomic mass is 10.3. The first-order valence-electron chi connectivity index (χ1n) is 6.73. The van der Waals surface area contributed by atoms with E-state index in [4.69, 9.17) is 19.9 Å². The van der Waals surface area contributed by atoms with E-state index in [2.05, 4.69) is 0 Å². The molecule has 0 atom stereocenters. The third-order valence-corrected chi connectivity index (χ3v) is 2.73. The second kappa shape index (κ2) is 7.38. The van der Waals surface area contributed by atoms with E-state index in [1.165, 1.54) is 12.1 Å². The summed E-state index contributed by atoms with van der Waals surface area (Å²) < 4.78 is 29.8. The lowest BCUT2D eigenvalue weighted by Gasteiger charge is -2.13. The number of ether oxygens (including phenoxy) is 3. The molecule has 0 bridgehead atoms. The van der Waals surface area contributed by atoms with Crippen molar-refractivity contribution in [3.05, 3.63) is 48.3 Å². The number of halogens is 1. The molecule has 0 aliphatic carbocycles. The standard InChI is InChI=1S/C16H18FNO3/c1-2-19-14-8-3-4-9-15(14)20-10-11-21-16-12(17)6-5-7-13(16)18/h3-9H,2,10-11,18H2,1H3. The molecule has 21 heavy (non-hydrogen) atoms. The van der Waals surface area contributed by atoms with Crippen LogP contribution in [0.5, 0.6) is 17.2 Å². The molecule has 112 valence electrons. The maximum Gasteiger partial charge on any atom is 0.177 e. The Bertz CT molecular complexity index is 569. The zero-order chi connectivity index (χ0) is 15.1. The molecule has 0 saturated carbocycles. The molecule has 2 aromatic carbocycles.